The molecule has 2 aromatic carbocycles. The highest BCUT2D eigenvalue weighted by Crippen LogP contribution is 2.31. The maximum Gasteiger partial charge on any atom is 0.353 e. The molecule has 0 aliphatic carbocycles. The van der Waals surface area contributed by atoms with Crippen molar-refractivity contribution >= 4 is 22.5 Å². The Balaban J connectivity index is 1.64. The van der Waals surface area contributed by atoms with Gasteiger partial charge < -0.3 is 14.8 Å². The van der Waals surface area contributed by atoms with Crippen LogP contribution in [-0.4, -0.2) is 34.5 Å². The van der Waals surface area contributed by atoms with E-state index < -0.39 is 0 Å². The Labute approximate surface area is 149 Å². The van der Waals surface area contributed by atoms with E-state index in [4.69, 9.17) is 9.47 Å². The SMILES string of the molecule is COc1ccc(-c2nc(Nc3ccc4[nH]ncc4c3)[nH][n+]2C)cc1OC. The van der Waals surface area contributed by atoms with Gasteiger partial charge in [-0.3, -0.25) is 5.10 Å². The number of aromatic amines is 2. The summed E-state index contributed by atoms with van der Waals surface area (Å²) in [5.41, 5.74) is 2.83. The first-order valence-corrected chi connectivity index (χ1v) is 8.06. The molecule has 26 heavy (non-hydrogen) atoms. The summed E-state index contributed by atoms with van der Waals surface area (Å²) in [5.74, 6) is 2.76. The number of rotatable bonds is 5. The molecule has 0 fully saturated rings. The van der Waals surface area contributed by atoms with Crippen LogP contribution in [-0.2, 0) is 7.05 Å². The van der Waals surface area contributed by atoms with Crippen molar-refractivity contribution in [1.82, 2.24) is 20.3 Å². The Morgan fingerprint density at radius 1 is 1.04 bits per heavy atom. The molecule has 0 radical (unpaired) electrons. The molecule has 0 amide bonds. The van der Waals surface area contributed by atoms with E-state index in [0.717, 1.165) is 28.0 Å². The van der Waals surface area contributed by atoms with Gasteiger partial charge in [0.25, 0.3) is 0 Å². The molecule has 0 unspecified atom stereocenters. The lowest BCUT2D eigenvalue weighted by atomic mass is 10.2. The zero-order valence-electron chi connectivity index (χ0n) is 14.7. The number of aromatic nitrogens is 5. The maximum atomic E-state index is 5.38. The number of H-pyrrole nitrogens is 2. The lowest BCUT2D eigenvalue weighted by molar-refractivity contribution is -0.716. The zero-order chi connectivity index (χ0) is 18.1. The number of methoxy groups -OCH3 is 2. The maximum absolute atomic E-state index is 5.38. The average Bonchev–Trinajstić information content (AvgIpc) is 3.27. The van der Waals surface area contributed by atoms with Crippen molar-refractivity contribution in [3.63, 3.8) is 0 Å². The van der Waals surface area contributed by atoms with Crippen LogP contribution in [0.15, 0.2) is 42.6 Å². The van der Waals surface area contributed by atoms with Crippen LogP contribution in [0.3, 0.4) is 0 Å². The van der Waals surface area contributed by atoms with Crippen molar-refractivity contribution < 1.29 is 14.2 Å². The number of hydrogen-bond donors (Lipinski definition) is 3. The first-order chi connectivity index (χ1) is 12.7. The number of hydrogen-bond acceptors (Lipinski definition) is 5. The molecule has 0 aliphatic heterocycles. The van der Waals surface area contributed by atoms with Crippen molar-refractivity contribution in [3.05, 3.63) is 42.6 Å². The van der Waals surface area contributed by atoms with E-state index in [1.54, 1.807) is 20.4 Å². The molecule has 132 valence electrons. The van der Waals surface area contributed by atoms with E-state index in [1.165, 1.54) is 0 Å². The van der Waals surface area contributed by atoms with E-state index in [0.29, 0.717) is 17.4 Å². The topological polar surface area (TPSA) is 91.7 Å². The normalized spacial score (nSPS) is 10.9. The minimum Gasteiger partial charge on any atom is -0.493 e. The predicted molar refractivity (Wildman–Crippen MR) is 97.7 cm³/mol. The van der Waals surface area contributed by atoms with Crippen LogP contribution in [0.1, 0.15) is 0 Å². The van der Waals surface area contributed by atoms with Crippen molar-refractivity contribution in [2.45, 2.75) is 0 Å². The molecule has 2 aromatic heterocycles. The van der Waals surface area contributed by atoms with Crippen LogP contribution in [0.5, 0.6) is 11.5 Å². The van der Waals surface area contributed by atoms with Crippen LogP contribution in [0.2, 0.25) is 0 Å². The molecule has 0 spiro atoms. The smallest absolute Gasteiger partial charge is 0.353 e. The summed E-state index contributed by atoms with van der Waals surface area (Å²) in [4.78, 5) is 4.65. The van der Waals surface area contributed by atoms with Gasteiger partial charge in [0, 0.05) is 16.1 Å². The minimum absolute atomic E-state index is 0.639. The van der Waals surface area contributed by atoms with Crippen LogP contribution >= 0.6 is 0 Å². The molecule has 0 bridgehead atoms. The molecule has 8 nitrogen and oxygen atoms in total. The van der Waals surface area contributed by atoms with Crippen molar-refractivity contribution in [1.29, 1.82) is 0 Å². The molecule has 0 saturated carbocycles. The quantitative estimate of drug-likeness (QED) is 0.481. The fraction of sp³-hybridized carbons (Fsp3) is 0.167. The molecule has 3 N–H and O–H groups in total. The Hall–Kier alpha value is -3.55. The van der Waals surface area contributed by atoms with Crippen LogP contribution in [0.4, 0.5) is 11.6 Å². The third kappa shape index (κ3) is 2.81. The molecule has 4 aromatic rings. The van der Waals surface area contributed by atoms with Gasteiger partial charge in [-0.2, -0.15) is 14.9 Å². The molecule has 4 rings (SSSR count). The Bertz CT molecular complexity index is 1070. The first kappa shape index (κ1) is 15.9. The monoisotopic (exact) mass is 351 g/mol. The van der Waals surface area contributed by atoms with Crippen LogP contribution < -0.4 is 19.5 Å². The van der Waals surface area contributed by atoms with E-state index in [-0.39, 0.29) is 0 Å². The minimum atomic E-state index is 0.639. The van der Waals surface area contributed by atoms with Gasteiger partial charge in [-0.05, 0) is 36.4 Å². The van der Waals surface area contributed by atoms with Crippen molar-refractivity contribution in [3.8, 4) is 22.9 Å². The van der Waals surface area contributed by atoms with E-state index >= 15 is 0 Å². The summed E-state index contributed by atoms with van der Waals surface area (Å²) >= 11 is 0. The summed E-state index contributed by atoms with van der Waals surface area (Å²) in [6.07, 6.45) is 1.79. The molecule has 0 atom stereocenters. The van der Waals surface area contributed by atoms with Crippen LogP contribution in [0, 0.1) is 0 Å². The van der Waals surface area contributed by atoms with E-state index in [2.05, 4.69) is 25.6 Å². The molecule has 2 heterocycles. The van der Waals surface area contributed by atoms with Crippen molar-refractivity contribution in [2.75, 3.05) is 19.5 Å². The Kier molecular flexibility index (Phi) is 3.92. The second-order valence-corrected chi connectivity index (χ2v) is 5.82. The number of nitrogens with zero attached hydrogens (tertiary/aromatic N) is 3. The summed E-state index contributed by atoms with van der Waals surface area (Å²) < 4.78 is 12.5. The lowest BCUT2D eigenvalue weighted by Gasteiger charge is -2.07. The molecular weight excluding hydrogens is 332 g/mol. The fourth-order valence-electron chi connectivity index (χ4n) is 2.86. The summed E-state index contributed by atoms with van der Waals surface area (Å²) in [6.45, 7) is 0. The summed E-state index contributed by atoms with van der Waals surface area (Å²) in [5, 5.41) is 14.5. The lowest BCUT2D eigenvalue weighted by Crippen LogP contribution is -2.32. The number of aryl methyl sites for hydroxylation is 1. The zero-order valence-corrected chi connectivity index (χ0v) is 14.7. The highest BCUT2D eigenvalue weighted by Gasteiger charge is 2.21. The van der Waals surface area contributed by atoms with Gasteiger partial charge in [0.1, 0.15) is 7.05 Å². The van der Waals surface area contributed by atoms with Gasteiger partial charge >= 0.3 is 11.8 Å². The van der Waals surface area contributed by atoms with Crippen LogP contribution in [0.25, 0.3) is 22.3 Å². The van der Waals surface area contributed by atoms with E-state index in [1.807, 2.05) is 48.1 Å². The van der Waals surface area contributed by atoms with Gasteiger partial charge in [-0.1, -0.05) is 0 Å². The highest BCUT2D eigenvalue weighted by molar-refractivity contribution is 5.82. The number of anilines is 2. The predicted octanol–water partition coefficient (Wildman–Crippen LogP) is 2.54. The standard InChI is InChI=1S/C18H18N6O2/c1-24-17(11-4-7-15(25-2)16(9-11)26-3)21-18(23-24)20-13-5-6-14-12(8-13)10-19-22-14/h4-10H,1-3H3,(H2,19,20,22,23)/p+1. The van der Waals surface area contributed by atoms with Gasteiger partial charge in [-0.25, -0.2) is 0 Å². The average molecular weight is 351 g/mol. The first-order valence-electron chi connectivity index (χ1n) is 8.06. The molecule has 0 aliphatic rings. The molecule has 0 saturated heterocycles. The largest absolute Gasteiger partial charge is 0.493 e. The second-order valence-electron chi connectivity index (χ2n) is 5.82. The van der Waals surface area contributed by atoms with E-state index in [9.17, 15) is 0 Å². The van der Waals surface area contributed by atoms with Gasteiger partial charge in [0.2, 0.25) is 0 Å². The van der Waals surface area contributed by atoms with Gasteiger partial charge in [0.15, 0.2) is 11.5 Å². The number of benzene rings is 2. The number of ether oxygens (including phenoxy) is 2. The molecular formula is C18H19N6O2+. The number of nitrogens with one attached hydrogen (secondary N) is 3. The third-order valence-electron chi connectivity index (χ3n) is 4.15. The molecule has 8 heteroatoms. The highest BCUT2D eigenvalue weighted by atomic mass is 16.5. The summed E-state index contributed by atoms with van der Waals surface area (Å²) in [6, 6.07) is 11.7. The number of fused-ring (bicyclic) bond motifs is 1. The summed E-state index contributed by atoms with van der Waals surface area (Å²) in [7, 11) is 5.14. The van der Waals surface area contributed by atoms with Crippen molar-refractivity contribution in [2.24, 2.45) is 7.05 Å². The third-order valence-corrected chi connectivity index (χ3v) is 4.15. The van der Waals surface area contributed by atoms with Gasteiger partial charge in [-0.15, -0.1) is 0 Å². The van der Waals surface area contributed by atoms with Gasteiger partial charge in [0.05, 0.1) is 31.5 Å². The second kappa shape index (κ2) is 6.40. The Morgan fingerprint density at radius 3 is 2.69 bits per heavy atom. The fourth-order valence-corrected chi connectivity index (χ4v) is 2.86. The Morgan fingerprint density at radius 2 is 1.88 bits per heavy atom.